The lowest BCUT2D eigenvalue weighted by molar-refractivity contribution is -0.142. The van der Waals surface area contributed by atoms with Gasteiger partial charge in [0, 0.05) is 21.9 Å². The number of carboxylic acid groups (broad SMARTS) is 1. The van der Waals surface area contributed by atoms with Crippen molar-refractivity contribution in [3.05, 3.63) is 128 Å². The van der Waals surface area contributed by atoms with E-state index in [-0.39, 0.29) is 17.0 Å². The molecule has 2 aromatic carbocycles. The van der Waals surface area contributed by atoms with Crippen molar-refractivity contribution in [3.63, 3.8) is 0 Å². The minimum atomic E-state index is -1.18. The molecule has 0 saturated heterocycles. The molecule has 8 heteroatoms. The highest BCUT2D eigenvalue weighted by molar-refractivity contribution is 7.10. The molecule has 1 N–H and O–H groups in total. The molecule has 1 aromatic heterocycles. The van der Waals surface area contributed by atoms with Gasteiger partial charge in [-0.25, -0.2) is 4.79 Å². The zero-order chi connectivity index (χ0) is 25.9. The van der Waals surface area contributed by atoms with Gasteiger partial charge in [-0.2, -0.15) is 0 Å². The Morgan fingerprint density at radius 1 is 0.946 bits per heavy atom. The lowest BCUT2D eigenvalue weighted by atomic mass is 9.97. The van der Waals surface area contributed by atoms with Crippen molar-refractivity contribution >= 4 is 46.4 Å². The lowest BCUT2D eigenvalue weighted by Crippen LogP contribution is -2.48. The number of rotatable bonds is 8. The van der Waals surface area contributed by atoms with Crippen LogP contribution in [-0.2, 0) is 11.2 Å². The molecule has 3 aromatic rings. The topological polar surface area (TPSA) is 70.8 Å². The molecule has 37 heavy (non-hydrogen) atoms. The van der Waals surface area contributed by atoms with Crippen LogP contribution in [0.5, 0.6) is 0 Å². The normalized spacial score (nSPS) is 12.8. The maximum absolute atomic E-state index is 14.3. The number of hydrogen-bond donors (Lipinski definition) is 1. The first-order valence-electron chi connectivity index (χ1n) is 11.5. The van der Waals surface area contributed by atoms with Gasteiger partial charge in [-0.3, -0.25) is 4.79 Å². The van der Waals surface area contributed by atoms with Crippen molar-refractivity contribution in [1.29, 1.82) is 0 Å². The first-order chi connectivity index (χ1) is 17.9. The maximum atomic E-state index is 14.3. The van der Waals surface area contributed by atoms with Crippen LogP contribution in [0.15, 0.2) is 101 Å². The van der Waals surface area contributed by atoms with Crippen LogP contribution in [0.4, 0.5) is 0 Å². The van der Waals surface area contributed by atoms with E-state index in [2.05, 4.69) is 0 Å². The van der Waals surface area contributed by atoms with Gasteiger partial charge in [0.1, 0.15) is 6.04 Å². The number of hydrogen-bond acceptors (Lipinski definition) is 4. The third kappa shape index (κ3) is 5.27. The molecule has 2 atom stereocenters. The van der Waals surface area contributed by atoms with Crippen molar-refractivity contribution < 1.29 is 19.1 Å². The lowest BCUT2D eigenvalue weighted by Gasteiger charge is -2.36. The number of halogens is 2. The number of carbonyl (C=O) groups excluding carboxylic acids is 1. The van der Waals surface area contributed by atoms with Crippen molar-refractivity contribution in [2.75, 3.05) is 0 Å². The fraction of sp³-hybridized carbons (Fsp3) is 0.103. The van der Waals surface area contributed by atoms with Gasteiger partial charge in [-0.05, 0) is 64.5 Å². The predicted molar refractivity (Wildman–Crippen MR) is 146 cm³/mol. The minimum absolute atomic E-state index is 0.116. The number of amides is 1. The number of fused-ring (bicyclic) bond motifs is 1. The molecule has 2 heterocycles. The first kappa shape index (κ1) is 25.1. The van der Waals surface area contributed by atoms with Gasteiger partial charge in [0.05, 0.1) is 29.2 Å². The van der Waals surface area contributed by atoms with E-state index in [0.29, 0.717) is 5.02 Å². The number of thiophene rings is 1. The van der Waals surface area contributed by atoms with E-state index in [1.165, 1.54) is 28.4 Å². The van der Waals surface area contributed by atoms with Crippen molar-refractivity contribution in [1.82, 2.24) is 4.90 Å². The summed E-state index contributed by atoms with van der Waals surface area (Å²) < 4.78 is 5.34. The molecule has 186 valence electrons. The first-order valence-corrected chi connectivity index (χ1v) is 13.1. The molecule has 5 rings (SSSR count). The van der Waals surface area contributed by atoms with Gasteiger partial charge in [0.15, 0.2) is 0 Å². The third-order valence-corrected chi connectivity index (χ3v) is 7.67. The Balaban J connectivity index is 1.71. The van der Waals surface area contributed by atoms with Gasteiger partial charge in [0.25, 0.3) is 5.91 Å². The summed E-state index contributed by atoms with van der Waals surface area (Å²) in [4.78, 5) is 29.4. The van der Waals surface area contributed by atoms with Crippen LogP contribution in [0.3, 0.4) is 0 Å². The highest BCUT2D eigenvalue weighted by Gasteiger charge is 2.39. The Labute approximate surface area is 227 Å². The van der Waals surface area contributed by atoms with E-state index >= 15 is 0 Å². The molecule has 1 aliphatic heterocycles. The molecule has 0 bridgehead atoms. The molecule has 0 radical (unpaired) electrons. The molecule has 1 amide bonds. The summed E-state index contributed by atoms with van der Waals surface area (Å²) in [5.74, 6) is -1.62. The summed E-state index contributed by atoms with van der Waals surface area (Å²) in [5, 5.41) is 12.9. The number of carboxylic acids is 1. The van der Waals surface area contributed by atoms with Crippen LogP contribution in [0, 0.1) is 0 Å². The van der Waals surface area contributed by atoms with Gasteiger partial charge >= 0.3 is 5.97 Å². The van der Waals surface area contributed by atoms with Gasteiger partial charge in [-0.15, -0.1) is 11.3 Å². The fourth-order valence-corrected chi connectivity index (χ4v) is 5.83. The second-order valence-corrected chi connectivity index (χ2v) is 10.4. The smallest absolute Gasteiger partial charge is 0.326 e. The van der Waals surface area contributed by atoms with E-state index < -0.39 is 24.0 Å². The summed E-state index contributed by atoms with van der Waals surface area (Å²) in [7, 11) is 0. The highest BCUT2D eigenvalue weighted by atomic mass is 35.5. The monoisotopic (exact) mass is 549 g/mol. The molecule has 0 saturated carbocycles. The Morgan fingerprint density at radius 3 is 2.41 bits per heavy atom. The number of aliphatic carboxylic acids is 1. The largest absolute Gasteiger partial charge is 0.480 e. The quantitative estimate of drug-likeness (QED) is 0.215. The Bertz CT molecular complexity index is 1470. The molecule has 5 nitrogen and oxygen atoms in total. The second-order valence-electron chi connectivity index (χ2n) is 8.55. The SMILES string of the molecule is O=C(O)C(Cc1ccccc1)N(C(=O)c1ccc(Cl)cc1Cl)C(c1cc2ccocc-2c1)c1cccs1. The zero-order valence-electron chi connectivity index (χ0n) is 19.4. The Kier molecular flexibility index (Phi) is 7.33. The van der Waals surface area contributed by atoms with E-state index in [0.717, 1.165) is 27.1 Å². The Hall–Kier alpha value is -3.58. The fourth-order valence-electron chi connectivity index (χ4n) is 4.49. The van der Waals surface area contributed by atoms with E-state index in [9.17, 15) is 14.7 Å². The summed E-state index contributed by atoms with van der Waals surface area (Å²) in [6.45, 7) is 0. The number of carbonyl (C=O) groups is 2. The van der Waals surface area contributed by atoms with E-state index in [4.69, 9.17) is 27.6 Å². The second kappa shape index (κ2) is 10.8. The molecule has 2 unspecified atom stereocenters. The molecule has 0 spiro atoms. The van der Waals surface area contributed by atoms with Gasteiger partial charge in [0.2, 0.25) is 0 Å². The third-order valence-electron chi connectivity index (χ3n) is 6.19. The predicted octanol–water partition coefficient (Wildman–Crippen LogP) is 7.68. The number of nitrogens with zero attached hydrogens (tertiary/aromatic N) is 1. The van der Waals surface area contributed by atoms with Crippen LogP contribution >= 0.6 is 34.5 Å². The van der Waals surface area contributed by atoms with Crippen LogP contribution in [0.25, 0.3) is 11.1 Å². The average molecular weight is 550 g/mol. The molecular weight excluding hydrogens is 529 g/mol. The van der Waals surface area contributed by atoms with Crippen LogP contribution < -0.4 is 0 Å². The van der Waals surface area contributed by atoms with Crippen molar-refractivity contribution in [2.45, 2.75) is 18.5 Å². The van der Waals surface area contributed by atoms with Crippen LogP contribution in [-0.4, -0.2) is 27.9 Å². The maximum Gasteiger partial charge on any atom is 0.326 e. The average Bonchev–Trinajstić information content (AvgIpc) is 3.56. The summed E-state index contributed by atoms with van der Waals surface area (Å²) in [5.41, 5.74) is 3.53. The van der Waals surface area contributed by atoms with Gasteiger partial charge in [-0.1, -0.05) is 59.6 Å². The zero-order valence-corrected chi connectivity index (χ0v) is 21.7. The van der Waals surface area contributed by atoms with Gasteiger partial charge < -0.3 is 14.4 Å². The highest BCUT2D eigenvalue weighted by Crippen LogP contribution is 2.40. The van der Waals surface area contributed by atoms with Crippen molar-refractivity contribution in [2.24, 2.45) is 0 Å². The molecule has 0 fully saturated rings. The van der Waals surface area contributed by atoms with E-state index in [1.54, 1.807) is 18.6 Å². The van der Waals surface area contributed by atoms with Crippen molar-refractivity contribution in [3.8, 4) is 11.1 Å². The van der Waals surface area contributed by atoms with E-state index in [1.807, 2.05) is 66.0 Å². The molecule has 1 aliphatic carbocycles. The summed E-state index contributed by atoms with van der Waals surface area (Å²) in [6, 6.07) is 21.5. The summed E-state index contributed by atoms with van der Waals surface area (Å²) >= 11 is 14.0. The molecule has 2 aliphatic rings. The minimum Gasteiger partial charge on any atom is -0.480 e. The standard InChI is InChI=1S/C29H21Cl2NO4S/c30-22-8-9-23(24(31)16-22)28(33)32(25(29(34)35)13-18-5-2-1-3-6-18)27(26-7-4-12-37-26)20-14-19-10-11-36-17-21(19)15-20/h1-12,14-17,25,27H,13H2,(H,34,35). The van der Waals surface area contributed by atoms with Crippen LogP contribution in [0.1, 0.15) is 32.4 Å². The Morgan fingerprint density at radius 2 is 1.73 bits per heavy atom. The summed E-state index contributed by atoms with van der Waals surface area (Å²) in [6.07, 6.45) is 3.33. The van der Waals surface area contributed by atoms with Crippen LogP contribution in [0.2, 0.25) is 10.0 Å². The number of benzene rings is 2. The molecular formula is C29H21Cl2NO4S.